The number of para-hydroxylation sites is 1. The number of H-pyrrole nitrogens is 1. The van der Waals surface area contributed by atoms with E-state index in [1.165, 1.54) is 17.0 Å². The van der Waals surface area contributed by atoms with Crippen molar-refractivity contribution in [3.63, 3.8) is 0 Å². The van der Waals surface area contributed by atoms with Gasteiger partial charge in [0.2, 0.25) is 5.91 Å². The second-order valence-corrected chi connectivity index (χ2v) is 5.88. The van der Waals surface area contributed by atoms with Crippen LogP contribution in [0, 0.1) is 0 Å². The van der Waals surface area contributed by atoms with E-state index in [-0.39, 0.29) is 11.6 Å². The van der Waals surface area contributed by atoms with Gasteiger partial charge in [0.15, 0.2) is 0 Å². The molecule has 8 heteroatoms. The van der Waals surface area contributed by atoms with Gasteiger partial charge >= 0.3 is 0 Å². The lowest BCUT2D eigenvalue weighted by molar-refractivity contribution is -0.120. The SMILES string of the molecule is CN(C(=O)c1ccc(=O)[nH]n1)[C@@H]1CCN(c2ccccc2Cl)C1=O. The summed E-state index contributed by atoms with van der Waals surface area (Å²) < 4.78 is 0. The number of hydrogen-bond acceptors (Lipinski definition) is 4. The van der Waals surface area contributed by atoms with Crippen molar-refractivity contribution in [2.45, 2.75) is 12.5 Å². The summed E-state index contributed by atoms with van der Waals surface area (Å²) in [5.74, 6) is -0.617. The highest BCUT2D eigenvalue weighted by Gasteiger charge is 2.38. The van der Waals surface area contributed by atoms with Crippen molar-refractivity contribution >= 4 is 29.1 Å². The van der Waals surface area contributed by atoms with Crippen LogP contribution in [-0.4, -0.2) is 46.5 Å². The van der Waals surface area contributed by atoms with Crippen molar-refractivity contribution in [2.24, 2.45) is 0 Å². The Balaban J connectivity index is 1.79. The molecule has 1 aliphatic rings. The predicted molar refractivity (Wildman–Crippen MR) is 89.2 cm³/mol. The fraction of sp³-hybridized carbons (Fsp3) is 0.250. The van der Waals surface area contributed by atoms with E-state index in [9.17, 15) is 14.4 Å². The number of carbonyl (C=O) groups excluding carboxylic acids is 2. The first-order chi connectivity index (χ1) is 11.5. The molecular weight excluding hydrogens is 332 g/mol. The second-order valence-electron chi connectivity index (χ2n) is 5.47. The summed E-state index contributed by atoms with van der Waals surface area (Å²) in [6.45, 7) is 0.476. The molecule has 1 aromatic heterocycles. The number of anilines is 1. The molecule has 0 saturated carbocycles. The van der Waals surface area contributed by atoms with Crippen LogP contribution < -0.4 is 10.5 Å². The van der Waals surface area contributed by atoms with Gasteiger partial charge in [-0.05, 0) is 24.6 Å². The topological polar surface area (TPSA) is 86.4 Å². The highest BCUT2D eigenvalue weighted by atomic mass is 35.5. The van der Waals surface area contributed by atoms with Gasteiger partial charge < -0.3 is 9.80 Å². The van der Waals surface area contributed by atoms with Crippen molar-refractivity contribution in [2.75, 3.05) is 18.5 Å². The van der Waals surface area contributed by atoms with Crippen molar-refractivity contribution in [1.29, 1.82) is 0 Å². The predicted octanol–water partition coefficient (Wildman–Crippen LogP) is 1.30. The molecule has 1 aliphatic heterocycles. The summed E-state index contributed by atoms with van der Waals surface area (Å²) in [6, 6.07) is 9.05. The molecule has 0 radical (unpaired) electrons. The number of amides is 2. The zero-order chi connectivity index (χ0) is 17.3. The monoisotopic (exact) mass is 346 g/mol. The Hall–Kier alpha value is -2.67. The molecule has 2 heterocycles. The molecule has 1 atom stereocenters. The molecule has 1 N–H and O–H groups in total. The number of halogens is 1. The molecule has 1 fully saturated rings. The third-order valence-electron chi connectivity index (χ3n) is 4.01. The lowest BCUT2D eigenvalue weighted by Crippen LogP contribution is -2.43. The van der Waals surface area contributed by atoms with Crippen LogP contribution in [0.5, 0.6) is 0 Å². The average molecular weight is 347 g/mol. The minimum atomic E-state index is -0.595. The van der Waals surface area contributed by atoms with Gasteiger partial charge in [0.25, 0.3) is 11.5 Å². The molecule has 0 unspecified atom stereocenters. The van der Waals surface area contributed by atoms with E-state index in [0.717, 1.165) is 0 Å². The largest absolute Gasteiger partial charge is 0.328 e. The van der Waals surface area contributed by atoms with Gasteiger partial charge in [-0.15, -0.1) is 0 Å². The van der Waals surface area contributed by atoms with Gasteiger partial charge in [0, 0.05) is 19.7 Å². The summed E-state index contributed by atoms with van der Waals surface area (Å²) in [4.78, 5) is 39.1. The van der Waals surface area contributed by atoms with Crippen LogP contribution in [0.15, 0.2) is 41.2 Å². The molecule has 124 valence electrons. The molecular formula is C16H15ClN4O3. The third kappa shape index (κ3) is 2.90. The van der Waals surface area contributed by atoms with Gasteiger partial charge in [-0.2, -0.15) is 5.10 Å². The number of rotatable bonds is 3. The molecule has 0 aliphatic carbocycles. The zero-order valence-electron chi connectivity index (χ0n) is 12.9. The minimum absolute atomic E-state index is 0.0843. The molecule has 7 nitrogen and oxygen atoms in total. The molecule has 24 heavy (non-hydrogen) atoms. The smallest absolute Gasteiger partial charge is 0.274 e. The van der Waals surface area contributed by atoms with E-state index >= 15 is 0 Å². The molecule has 1 aromatic carbocycles. The molecule has 2 amide bonds. The van der Waals surface area contributed by atoms with E-state index in [0.29, 0.717) is 23.7 Å². The first-order valence-corrected chi connectivity index (χ1v) is 7.75. The fourth-order valence-electron chi connectivity index (χ4n) is 2.72. The van der Waals surface area contributed by atoms with Crippen LogP contribution in [0.3, 0.4) is 0 Å². The maximum Gasteiger partial charge on any atom is 0.274 e. The van der Waals surface area contributed by atoms with Crippen LogP contribution in [-0.2, 0) is 4.79 Å². The number of likely N-dealkylation sites (N-methyl/N-ethyl adjacent to an activating group) is 1. The molecule has 0 spiro atoms. The Kier molecular flexibility index (Phi) is 4.35. The van der Waals surface area contributed by atoms with E-state index in [1.807, 2.05) is 0 Å². The van der Waals surface area contributed by atoms with Gasteiger partial charge in [-0.25, -0.2) is 5.10 Å². The number of aromatic nitrogens is 2. The number of hydrogen-bond donors (Lipinski definition) is 1. The van der Waals surface area contributed by atoms with Crippen molar-refractivity contribution in [3.05, 3.63) is 57.5 Å². The van der Waals surface area contributed by atoms with E-state index < -0.39 is 17.5 Å². The van der Waals surface area contributed by atoms with Crippen molar-refractivity contribution < 1.29 is 9.59 Å². The summed E-state index contributed by atoms with van der Waals surface area (Å²) in [7, 11) is 1.55. The first kappa shape index (κ1) is 16.2. The molecule has 1 saturated heterocycles. The van der Waals surface area contributed by atoms with Gasteiger partial charge in [-0.3, -0.25) is 14.4 Å². The Morgan fingerprint density at radius 1 is 1.29 bits per heavy atom. The van der Waals surface area contributed by atoms with Gasteiger partial charge in [0.1, 0.15) is 11.7 Å². The maximum atomic E-state index is 12.7. The summed E-state index contributed by atoms with van der Waals surface area (Å²) >= 11 is 6.15. The number of benzene rings is 1. The third-order valence-corrected chi connectivity index (χ3v) is 4.33. The standard InChI is InChI=1S/C16H15ClN4O3/c1-20(15(23)11-6-7-14(22)19-18-11)13-8-9-21(16(13)24)12-5-3-2-4-10(12)17/h2-7,13H,8-9H2,1H3,(H,19,22)/t13-/m1/s1. The number of nitrogens with one attached hydrogen (secondary N) is 1. The summed E-state index contributed by atoms with van der Waals surface area (Å²) in [6.07, 6.45) is 0.496. The van der Waals surface area contributed by atoms with E-state index in [4.69, 9.17) is 11.6 Å². The lowest BCUT2D eigenvalue weighted by atomic mass is 10.2. The highest BCUT2D eigenvalue weighted by molar-refractivity contribution is 6.34. The van der Waals surface area contributed by atoms with Crippen molar-refractivity contribution in [3.8, 4) is 0 Å². The average Bonchev–Trinajstić information content (AvgIpc) is 2.96. The number of nitrogens with zero attached hydrogens (tertiary/aromatic N) is 3. The van der Waals surface area contributed by atoms with Crippen molar-refractivity contribution in [1.82, 2.24) is 15.1 Å². The molecule has 2 aromatic rings. The lowest BCUT2D eigenvalue weighted by Gasteiger charge is -2.24. The summed E-state index contributed by atoms with van der Waals surface area (Å²) in [5.41, 5.74) is 0.326. The van der Waals surface area contributed by atoms with Crippen LogP contribution in [0.25, 0.3) is 0 Å². The Bertz CT molecular complexity index is 831. The Labute approximate surface area is 142 Å². The molecule has 0 bridgehead atoms. The van der Waals surface area contributed by atoms with Crippen LogP contribution in [0.2, 0.25) is 5.02 Å². The summed E-state index contributed by atoms with van der Waals surface area (Å²) in [5, 5.41) is 6.41. The maximum absolute atomic E-state index is 12.7. The fourth-order valence-corrected chi connectivity index (χ4v) is 2.96. The number of aromatic amines is 1. The van der Waals surface area contributed by atoms with E-state index in [1.54, 1.807) is 36.2 Å². The van der Waals surface area contributed by atoms with Crippen LogP contribution >= 0.6 is 11.6 Å². The normalized spacial score (nSPS) is 17.2. The van der Waals surface area contributed by atoms with Crippen LogP contribution in [0.4, 0.5) is 5.69 Å². The second kappa shape index (κ2) is 6.45. The Morgan fingerprint density at radius 3 is 2.71 bits per heavy atom. The minimum Gasteiger partial charge on any atom is -0.328 e. The van der Waals surface area contributed by atoms with Gasteiger partial charge in [-0.1, -0.05) is 23.7 Å². The zero-order valence-corrected chi connectivity index (χ0v) is 13.7. The highest BCUT2D eigenvalue weighted by Crippen LogP contribution is 2.30. The first-order valence-electron chi connectivity index (χ1n) is 7.38. The number of carbonyl (C=O) groups is 2. The Morgan fingerprint density at radius 2 is 2.04 bits per heavy atom. The molecule has 3 rings (SSSR count). The van der Waals surface area contributed by atoms with Crippen LogP contribution in [0.1, 0.15) is 16.9 Å². The quantitative estimate of drug-likeness (QED) is 0.907. The van der Waals surface area contributed by atoms with Gasteiger partial charge in [0.05, 0.1) is 10.7 Å². The van der Waals surface area contributed by atoms with E-state index in [2.05, 4.69) is 10.2 Å².